The molecule has 5 aliphatic carbocycles. The van der Waals surface area contributed by atoms with Crippen molar-refractivity contribution in [2.45, 2.75) is 90.1 Å². The Morgan fingerprint density at radius 3 is 2.62 bits per heavy atom. The van der Waals surface area contributed by atoms with Gasteiger partial charge >= 0.3 is 0 Å². The van der Waals surface area contributed by atoms with Crippen LogP contribution in [0.1, 0.15) is 84.0 Å². The normalized spacial score (nSPS) is 56.8. The Kier molecular flexibility index (Phi) is 3.55. The number of rotatable bonds is 0. The Hall–Kier alpha value is -0.300. The highest BCUT2D eigenvalue weighted by atomic mass is 16.3. The van der Waals surface area contributed by atoms with Crippen molar-refractivity contribution in [2.75, 3.05) is 0 Å². The smallest absolute Gasteiger partial charge is 0.0543 e. The lowest BCUT2D eigenvalue weighted by molar-refractivity contribution is -0.134. The molecule has 0 amide bonds. The maximum atomic E-state index is 10.2. The quantitative estimate of drug-likeness (QED) is 0.563. The first-order chi connectivity index (χ1) is 11.5. The van der Waals surface area contributed by atoms with Gasteiger partial charge in [0.25, 0.3) is 0 Å². The van der Waals surface area contributed by atoms with Gasteiger partial charge in [-0.15, -0.1) is 0 Å². The summed E-state index contributed by atoms with van der Waals surface area (Å²) in [6.45, 7) is 6.96. The van der Waals surface area contributed by atoms with Crippen LogP contribution in [0.2, 0.25) is 0 Å². The van der Waals surface area contributed by atoms with E-state index in [-0.39, 0.29) is 6.10 Å². The van der Waals surface area contributed by atoms with Crippen LogP contribution >= 0.6 is 0 Å². The summed E-state index contributed by atoms with van der Waals surface area (Å²) < 4.78 is 0. The van der Waals surface area contributed by atoms with Crippen LogP contribution in [0.3, 0.4) is 0 Å². The van der Waals surface area contributed by atoms with Gasteiger partial charge in [-0.1, -0.05) is 19.1 Å². The second-order valence-electron chi connectivity index (χ2n) is 10.6. The Labute approximate surface area is 148 Å². The summed E-state index contributed by atoms with van der Waals surface area (Å²) in [5.74, 6) is 4.78. The van der Waals surface area contributed by atoms with Crippen molar-refractivity contribution in [3.63, 3.8) is 0 Å². The van der Waals surface area contributed by atoms with Crippen LogP contribution in [-0.2, 0) is 0 Å². The molecule has 5 saturated carbocycles. The van der Waals surface area contributed by atoms with Crippen molar-refractivity contribution in [1.82, 2.24) is 0 Å². The predicted octanol–water partition coefficient (Wildman–Crippen LogP) is 5.73. The molecule has 1 spiro atoms. The largest absolute Gasteiger partial charge is 0.393 e. The van der Waals surface area contributed by atoms with Crippen molar-refractivity contribution in [1.29, 1.82) is 0 Å². The topological polar surface area (TPSA) is 20.2 Å². The molecule has 0 saturated heterocycles. The highest BCUT2D eigenvalue weighted by Gasteiger charge is 2.61. The number of hydrogen-bond acceptors (Lipinski definition) is 1. The minimum atomic E-state index is -0.00484. The molecular weight excluding hydrogens is 292 g/mol. The Bertz CT molecular complexity index is 538. The van der Waals surface area contributed by atoms with Crippen LogP contribution in [0.25, 0.3) is 0 Å². The van der Waals surface area contributed by atoms with E-state index in [9.17, 15) is 5.11 Å². The van der Waals surface area contributed by atoms with Crippen molar-refractivity contribution < 1.29 is 5.11 Å². The first-order valence-corrected chi connectivity index (χ1v) is 10.9. The molecular formula is C23H36O. The molecule has 8 atom stereocenters. The van der Waals surface area contributed by atoms with Gasteiger partial charge in [-0.25, -0.2) is 0 Å². The van der Waals surface area contributed by atoms with E-state index in [1.807, 2.05) is 0 Å². The lowest BCUT2D eigenvalue weighted by Crippen LogP contribution is -2.54. The number of aliphatic hydroxyl groups excluding tert-OH is 1. The van der Waals surface area contributed by atoms with Gasteiger partial charge in [-0.05, 0) is 117 Å². The zero-order valence-corrected chi connectivity index (χ0v) is 15.6. The van der Waals surface area contributed by atoms with Crippen LogP contribution in [0.5, 0.6) is 0 Å². The Balaban J connectivity index is 1.44. The van der Waals surface area contributed by atoms with E-state index >= 15 is 0 Å². The second-order valence-corrected chi connectivity index (χ2v) is 10.6. The fourth-order valence-electron chi connectivity index (χ4n) is 8.83. The van der Waals surface area contributed by atoms with Crippen LogP contribution < -0.4 is 0 Å². The highest BCUT2D eigenvalue weighted by molar-refractivity contribution is 5.16. The number of fused-ring (bicyclic) bond motifs is 4. The molecule has 0 aromatic carbocycles. The van der Waals surface area contributed by atoms with Gasteiger partial charge in [0.15, 0.2) is 0 Å². The molecule has 0 radical (unpaired) electrons. The van der Waals surface area contributed by atoms with Gasteiger partial charge in [0.2, 0.25) is 0 Å². The summed E-state index contributed by atoms with van der Waals surface area (Å²) in [5, 5.41) is 10.2. The standard InChI is InChI=1S/C23H36O/c1-15-7-11-23-12-9-20-19(21(23)6-4-17(23)13-15)5-3-16-14-18(24)8-10-22(16,20)2/h16-21,24H,1,3-14H2,2H3/t16-,17+,18+,19?,20?,21?,22-,23+/m0/s1. The van der Waals surface area contributed by atoms with E-state index in [4.69, 9.17) is 0 Å². The first-order valence-electron chi connectivity index (χ1n) is 10.9. The van der Waals surface area contributed by atoms with Crippen molar-refractivity contribution in [2.24, 2.45) is 40.4 Å². The SMILES string of the molecule is C=C1CC[C@]23CCC4C(CC[C@H]5C[C@H](O)CC[C@]45C)C2CC[C@@H]3C1. The third kappa shape index (κ3) is 2.03. The molecule has 5 rings (SSSR count). The summed E-state index contributed by atoms with van der Waals surface area (Å²) >= 11 is 0. The number of aliphatic hydroxyl groups is 1. The van der Waals surface area contributed by atoms with Crippen molar-refractivity contribution >= 4 is 0 Å². The third-order valence-corrected chi connectivity index (χ3v) is 10.0. The van der Waals surface area contributed by atoms with Gasteiger partial charge in [0.1, 0.15) is 0 Å². The number of hydrogen-bond donors (Lipinski definition) is 1. The van der Waals surface area contributed by atoms with Crippen molar-refractivity contribution in [3.8, 4) is 0 Å². The summed E-state index contributed by atoms with van der Waals surface area (Å²) in [6.07, 6.45) is 16.5. The summed E-state index contributed by atoms with van der Waals surface area (Å²) in [7, 11) is 0. The van der Waals surface area contributed by atoms with Gasteiger partial charge in [-0.3, -0.25) is 0 Å². The maximum absolute atomic E-state index is 10.2. The van der Waals surface area contributed by atoms with E-state index < -0.39 is 0 Å². The summed E-state index contributed by atoms with van der Waals surface area (Å²) in [6, 6.07) is 0. The molecule has 0 aromatic rings. The molecule has 0 bridgehead atoms. The van der Waals surface area contributed by atoms with Crippen LogP contribution in [0, 0.1) is 40.4 Å². The average molecular weight is 329 g/mol. The lowest BCUT2D eigenvalue weighted by Gasteiger charge is -2.62. The molecule has 0 aliphatic heterocycles. The van der Waals surface area contributed by atoms with E-state index in [2.05, 4.69) is 13.5 Å². The second kappa shape index (κ2) is 5.35. The van der Waals surface area contributed by atoms with Gasteiger partial charge in [-0.2, -0.15) is 0 Å². The average Bonchev–Trinajstić information content (AvgIpc) is 2.94. The fourth-order valence-corrected chi connectivity index (χ4v) is 8.83. The molecule has 0 aromatic heterocycles. The summed E-state index contributed by atoms with van der Waals surface area (Å²) in [5.41, 5.74) is 2.80. The van der Waals surface area contributed by atoms with E-state index in [1.165, 1.54) is 64.2 Å². The lowest BCUT2D eigenvalue weighted by atomic mass is 9.43. The molecule has 0 heterocycles. The molecule has 5 fully saturated rings. The minimum Gasteiger partial charge on any atom is -0.393 e. The van der Waals surface area contributed by atoms with Crippen LogP contribution in [0.4, 0.5) is 0 Å². The van der Waals surface area contributed by atoms with Crippen LogP contribution in [0.15, 0.2) is 12.2 Å². The molecule has 1 nitrogen and oxygen atoms in total. The zero-order valence-electron chi connectivity index (χ0n) is 15.6. The molecule has 3 unspecified atom stereocenters. The molecule has 1 heteroatoms. The van der Waals surface area contributed by atoms with Gasteiger partial charge in [0, 0.05) is 0 Å². The van der Waals surface area contributed by atoms with E-state index in [0.717, 1.165) is 42.4 Å². The van der Waals surface area contributed by atoms with Crippen molar-refractivity contribution in [3.05, 3.63) is 12.2 Å². The molecule has 24 heavy (non-hydrogen) atoms. The Morgan fingerprint density at radius 1 is 0.917 bits per heavy atom. The maximum Gasteiger partial charge on any atom is 0.0543 e. The fraction of sp³-hybridized carbons (Fsp3) is 0.913. The molecule has 1 N–H and O–H groups in total. The third-order valence-electron chi connectivity index (χ3n) is 10.0. The van der Waals surface area contributed by atoms with E-state index in [1.54, 1.807) is 5.57 Å². The van der Waals surface area contributed by atoms with Gasteiger partial charge < -0.3 is 5.11 Å². The predicted molar refractivity (Wildman–Crippen MR) is 98.5 cm³/mol. The zero-order chi connectivity index (χ0) is 16.5. The first kappa shape index (κ1) is 15.9. The summed E-state index contributed by atoms with van der Waals surface area (Å²) in [4.78, 5) is 0. The molecule has 134 valence electrons. The Morgan fingerprint density at radius 2 is 1.75 bits per heavy atom. The molecule has 5 aliphatic rings. The highest BCUT2D eigenvalue weighted by Crippen LogP contribution is 2.70. The number of allylic oxidation sites excluding steroid dienone is 1. The minimum absolute atomic E-state index is 0.00484. The van der Waals surface area contributed by atoms with Crippen LogP contribution in [-0.4, -0.2) is 11.2 Å². The van der Waals surface area contributed by atoms with E-state index in [0.29, 0.717) is 10.8 Å². The van der Waals surface area contributed by atoms with Gasteiger partial charge in [0.05, 0.1) is 6.10 Å². The monoisotopic (exact) mass is 328 g/mol.